The summed E-state index contributed by atoms with van der Waals surface area (Å²) in [5.74, 6) is 0. The molecular weight excluding hydrogens is 280 g/mol. The highest BCUT2D eigenvalue weighted by Gasteiger charge is 2.11. The van der Waals surface area contributed by atoms with E-state index in [0.717, 1.165) is 28.2 Å². The van der Waals surface area contributed by atoms with Crippen molar-refractivity contribution in [3.05, 3.63) is 10.5 Å². The lowest BCUT2D eigenvalue weighted by atomic mass is 10.1. The molecule has 0 aromatic carbocycles. The number of nitrogens with zero attached hydrogens (tertiary/aromatic N) is 3. The van der Waals surface area contributed by atoms with Crippen LogP contribution in [0.15, 0.2) is 0 Å². The van der Waals surface area contributed by atoms with Crippen molar-refractivity contribution in [2.45, 2.75) is 71.8 Å². The van der Waals surface area contributed by atoms with Crippen molar-refractivity contribution in [2.75, 3.05) is 0 Å². The molecule has 0 unspecified atom stereocenters. The van der Waals surface area contributed by atoms with E-state index in [1.807, 2.05) is 18.7 Å². The number of rotatable bonds is 9. The zero-order chi connectivity index (χ0) is 15.2. The van der Waals surface area contributed by atoms with Crippen LogP contribution >= 0.6 is 12.2 Å². The Hall–Kier alpha value is -1.10. The molecule has 0 amide bonds. The predicted octanol–water partition coefficient (Wildman–Crippen LogP) is 4.88. The van der Waals surface area contributed by atoms with Crippen LogP contribution in [-0.4, -0.2) is 19.3 Å². The Balaban J connectivity index is 1.81. The van der Waals surface area contributed by atoms with Gasteiger partial charge in [0.05, 0.1) is 5.69 Å². The minimum absolute atomic E-state index is 0.823. The molecule has 21 heavy (non-hydrogen) atoms. The molecule has 0 atom stereocenters. The SMILES string of the molecule is CCCCCCCCCCn1c(=S)[nH]c2c(C)nn(C)c21. The maximum atomic E-state index is 5.44. The number of aromatic amines is 1. The van der Waals surface area contributed by atoms with Crippen molar-refractivity contribution in [3.8, 4) is 0 Å². The van der Waals surface area contributed by atoms with Gasteiger partial charge in [0, 0.05) is 13.6 Å². The second kappa shape index (κ2) is 7.78. The molecule has 4 nitrogen and oxygen atoms in total. The average molecular weight is 308 g/mol. The number of aromatic nitrogens is 4. The second-order valence-electron chi connectivity index (χ2n) is 5.96. The summed E-state index contributed by atoms with van der Waals surface area (Å²) >= 11 is 5.44. The fraction of sp³-hybridized carbons (Fsp3) is 0.750. The Kier molecular flexibility index (Phi) is 6.03. The second-order valence-corrected chi connectivity index (χ2v) is 6.35. The first-order valence-corrected chi connectivity index (χ1v) is 8.68. The van der Waals surface area contributed by atoms with Crippen LogP contribution in [0, 0.1) is 11.7 Å². The number of H-pyrrole nitrogens is 1. The molecule has 118 valence electrons. The minimum atomic E-state index is 0.823. The summed E-state index contributed by atoms with van der Waals surface area (Å²) in [5, 5.41) is 4.46. The Morgan fingerprint density at radius 2 is 1.67 bits per heavy atom. The predicted molar refractivity (Wildman–Crippen MR) is 91.2 cm³/mol. The van der Waals surface area contributed by atoms with Crippen LogP contribution in [0.2, 0.25) is 0 Å². The first kappa shape index (κ1) is 16.3. The van der Waals surface area contributed by atoms with Crippen LogP contribution in [0.3, 0.4) is 0 Å². The number of hydrogen-bond acceptors (Lipinski definition) is 2. The molecule has 0 aliphatic carbocycles. The highest BCUT2D eigenvalue weighted by atomic mass is 32.1. The third kappa shape index (κ3) is 3.96. The van der Waals surface area contributed by atoms with Crippen molar-refractivity contribution >= 4 is 23.4 Å². The standard InChI is InChI=1S/C16H28N4S/c1-4-5-6-7-8-9-10-11-12-20-15-14(17-16(20)21)13(2)18-19(15)3/h4-12H2,1-3H3,(H,17,21). The Morgan fingerprint density at radius 3 is 2.33 bits per heavy atom. The van der Waals surface area contributed by atoms with Crippen molar-refractivity contribution < 1.29 is 0 Å². The van der Waals surface area contributed by atoms with Crippen molar-refractivity contribution in [2.24, 2.45) is 7.05 Å². The van der Waals surface area contributed by atoms with Crippen LogP contribution in [0.5, 0.6) is 0 Å². The van der Waals surface area contributed by atoms with Gasteiger partial charge in [0.25, 0.3) is 0 Å². The summed E-state index contributed by atoms with van der Waals surface area (Å²) in [4.78, 5) is 3.29. The highest BCUT2D eigenvalue weighted by molar-refractivity contribution is 7.71. The zero-order valence-corrected chi connectivity index (χ0v) is 14.4. The van der Waals surface area contributed by atoms with Gasteiger partial charge in [-0.1, -0.05) is 51.9 Å². The minimum Gasteiger partial charge on any atom is -0.328 e. The van der Waals surface area contributed by atoms with E-state index in [0.29, 0.717) is 0 Å². The summed E-state index contributed by atoms with van der Waals surface area (Å²) in [7, 11) is 1.99. The number of unbranched alkanes of at least 4 members (excludes halogenated alkanes) is 7. The molecule has 5 heteroatoms. The molecule has 0 saturated heterocycles. The number of nitrogens with one attached hydrogen (secondary N) is 1. The topological polar surface area (TPSA) is 38.5 Å². The molecule has 0 saturated carbocycles. The average Bonchev–Trinajstić information content (AvgIpc) is 2.91. The van der Waals surface area contributed by atoms with Crippen LogP contribution in [0.1, 0.15) is 64.0 Å². The molecule has 2 heterocycles. The van der Waals surface area contributed by atoms with Gasteiger partial charge < -0.3 is 9.55 Å². The molecule has 2 aromatic heterocycles. The van der Waals surface area contributed by atoms with E-state index in [-0.39, 0.29) is 0 Å². The Labute approximate surface area is 132 Å². The largest absolute Gasteiger partial charge is 0.328 e. The van der Waals surface area contributed by atoms with Crippen LogP contribution in [-0.2, 0) is 13.6 Å². The van der Waals surface area contributed by atoms with Gasteiger partial charge in [-0.05, 0) is 25.6 Å². The maximum absolute atomic E-state index is 5.44. The van der Waals surface area contributed by atoms with E-state index >= 15 is 0 Å². The molecule has 0 spiro atoms. The lowest BCUT2D eigenvalue weighted by molar-refractivity contribution is 0.542. The van der Waals surface area contributed by atoms with E-state index in [4.69, 9.17) is 12.2 Å². The maximum Gasteiger partial charge on any atom is 0.179 e. The fourth-order valence-corrected chi connectivity index (χ4v) is 3.26. The molecule has 0 fully saturated rings. The molecular formula is C16H28N4S. The quantitative estimate of drug-likeness (QED) is 0.529. The summed E-state index contributed by atoms with van der Waals surface area (Å²) in [6.07, 6.45) is 10.7. The molecule has 1 N–H and O–H groups in total. The summed E-state index contributed by atoms with van der Waals surface area (Å²) < 4.78 is 4.95. The molecule has 0 bridgehead atoms. The molecule has 0 aliphatic heterocycles. The smallest absolute Gasteiger partial charge is 0.179 e. The van der Waals surface area contributed by atoms with E-state index < -0.39 is 0 Å². The number of aryl methyl sites for hydroxylation is 3. The van der Waals surface area contributed by atoms with Gasteiger partial charge in [-0.2, -0.15) is 5.10 Å². The first-order valence-electron chi connectivity index (χ1n) is 8.27. The van der Waals surface area contributed by atoms with Gasteiger partial charge in [0.2, 0.25) is 0 Å². The zero-order valence-electron chi connectivity index (χ0n) is 13.6. The fourth-order valence-electron chi connectivity index (χ4n) is 2.98. The van der Waals surface area contributed by atoms with Gasteiger partial charge in [0.1, 0.15) is 5.52 Å². The third-order valence-corrected chi connectivity index (χ3v) is 4.48. The lowest BCUT2D eigenvalue weighted by Crippen LogP contribution is -2.03. The summed E-state index contributed by atoms with van der Waals surface area (Å²) in [6, 6.07) is 0. The normalized spacial score (nSPS) is 11.6. The third-order valence-electron chi connectivity index (χ3n) is 4.16. The number of fused-ring (bicyclic) bond motifs is 1. The summed E-state index contributed by atoms with van der Waals surface area (Å²) in [5.41, 5.74) is 3.23. The van der Waals surface area contributed by atoms with Crippen molar-refractivity contribution in [1.29, 1.82) is 0 Å². The molecule has 2 rings (SSSR count). The highest BCUT2D eigenvalue weighted by Crippen LogP contribution is 2.18. The van der Waals surface area contributed by atoms with Crippen molar-refractivity contribution in [1.82, 2.24) is 19.3 Å². The lowest BCUT2D eigenvalue weighted by Gasteiger charge is -2.05. The van der Waals surface area contributed by atoms with Gasteiger partial charge in [-0.15, -0.1) is 0 Å². The van der Waals surface area contributed by atoms with Crippen LogP contribution in [0.25, 0.3) is 11.2 Å². The molecule has 0 aliphatic rings. The van der Waals surface area contributed by atoms with Gasteiger partial charge >= 0.3 is 0 Å². The van der Waals surface area contributed by atoms with Gasteiger partial charge in [-0.3, -0.25) is 4.68 Å². The van der Waals surface area contributed by atoms with E-state index in [1.54, 1.807) is 0 Å². The Morgan fingerprint density at radius 1 is 1.05 bits per heavy atom. The van der Waals surface area contributed by atoms with E-state index in [2.05, 4.69) is 21.6 Å². The van der Waals surface area contributed by atoms with E-state index in [1.165, 1.54) is 51.4 Å². The molecule has 2 aromatic rings. The van der Waals surface area contributed by atoms with Gasteiger partial charge in [0.15, 0.2) is 10.4 Å². The van der Waals surface area contributed by atoms with Crippen molar-refractivity contribution in [3.63, 3.8) is 0 Å². The number of hydrogen-bond donors (Lipinski definition) is 1. The summed E-state index contributed by atoms with van der Waals surface area (Å²) in [6.45, 7) is 5.28. The van der Waals surface area contributed by atoms with E-state index in [9.17, 15) is 0 Å². The first-order chi connectivity index (χ1) is 10.1. The van der Waals surface area contributed by atoms with Crippen LogP contribution < -0.4 is 0 Å². The monoisotopic (exact) mass is 308 g/mol. The van der Waals surface area contributed by atoms with Gasteiger partial charge in [-0.25, -0.2) is 0 Å². The number of imidazole rings is 1. The molecule has 0 radical (unpaired) electrons. The van der Waals surface area contributed by atoms with Crippen LogP contribution in [0.4, 0.5) is 0 Å². The Bertz CT molecular complexity index is 620.